The fourth-order valence-electron chi connectivity index (χ4n) is 3.34. The Morgan fingerprint density at radius 2 is 1.95 bits per heavy atom. The average Bonchev–Trinajstić information content (AvgIpc) is 2.50. The first-order chi connectivity index (χ1) is 10.5. The molecule has 3 rings (SSSR count). The summed E-state index contributed by atoms with van der Waals surface area (Å²) in [6, 6.07) is 0.940. The van der Waals surface area contributed by atoms with Crippen LogP contribution in [0.25, 0.3) is 11.0 Å². The predicted octanol–water partition coefficient (Wildman–Crippen LogP) is 3.03. The van der Waals surface area contributed by atoms with Gasteiger partial charge in [0, 0.05) is 6.07 Å². The lowest BCUT2D eigenvalue weighted by atomic mass is 9.84. The number of carbonyl (C=O) groups is 1. The zero-order chi connectivity index (χ0) is 15.9. The first-order valence-electron chi connectivity index (χ1n) is 7.61. The van der Waals surface area contributed by atoms with Crippen LogP contribution >= 0.6 is 0 Å². The molecule has 2 N–H and O–H groups in total. The smallest absolute Gasteiger partial charge is 0.371 e. The lowest BCUT2D eigenvalue weighted by molar-refractivity contribution is 0.0663. The van der Waals surface area contributed by atoms with Gasteiger partial charge in [-0.3, -0.25) is 4.79 Å². The van der Waals surface area contributed by atoms with Crippen molar-refractivity contribution in [3.8, 4) is 5.75 Å². The van der Waals surface area contributed by atoms with Gasteiger partial charge in [0.25, 0.3) is 0 Å². The molecule has 0 radical (unpaired) electrons. The van der Waals surface area contributed by atoms with Crippen molar-refractivity contribution in [2.75, 3.05) is 0 Å². The van der Waals surface area contributed by atoms with Gasteiger partial charge < -0.3 is 14.6 Å². The number of fused-ring (bicyclic) bond motifs is 3. The molecule has 0 unspecified atom stereocenters. The van der Waals surface area contributed by atoms with E-state index in [2.05, 4.69) is 0 Å². The van der Waals surface area contributed by atoms with Crippen LogP contribution in [0.5, 0.6) is 5.75 Å². The van der Waals surface area contributed by atoms with Crippen molar-refractivity contribution in [1.82, 2.24) is 0 Å². The van der Waals surface area contributed by atoms with Gasteiger partial charge in [-0.2, -0.15) is 0 Å². The van der Waals surface area contributed by atoms with Gasteiger partial charge in [0.05, 0.1) is 0 Å². The molecule has 0 atom stereocenters. The van der Waals surface area contributed by atoms with Crippen molar-refractivity contribution in [2.24, 2.45) is 0 Å². The highest BCUT2D eigenvalue weighted by atomic mass is 16.4. The highest BCUT2D eigenvalue weighted by molar-refractivity contribution is 5.92. The molecule has 0 fully saturated rings. The third-order valence-corrected chi connectivity index (χ3v) is 4.29. The molecule has 0 aliphatic heterocycles. The largest absolute Gasteiger partial charge is 0.507 e. The molecule has 1 aromatic heterocycles. The highest BCUT2D eigenvalue weighted by Crippen LogP contribution is 2.38. The minimum atomic E-state index is -1.28. The summed E-state index contributed by atoms with van der Waals surface area (Å²) in [5.74, 6) is -1.70. The number of phenolic OH excluding ortho intramolecular Hbond substituents is 1. The summed E-state index contributed by atoms with van der Waals surface area (Å²) in [4.78, 5) is 23.4. The van der Waals surface area contributed by atoms with Gasteiger partial charge in [-0.25, -0.2) is 4.79 Å². The summed E-state index contributed by atoms with van der Waals surface area (Å²) in [6.07, 6.45) is 5.13. The number of phenols is 1. The number of carboxylic acids is 1. The zero-order valence-corrected chi connectivity index (χ0v) is 12.4. The molecule has 22 heavy (non-hydrogen) atoms. The number of hydrogen-bond donors (Lipinski definition) is 2. The third kappa shape index (κ3) is 2.17. The van der Waals surface area contributed by atoms with E-state index in [0.29, 0.717) is 6.42 Å². The Morgan fingerprint density at radius 1 is 1.27 bits per heavy atom. The van der Waals surface area contributed by atoms with Gasteiger partial charge in [-0.05, 0) is 48.8 Å². The van der Waals surface area contributed by atoms with Crippen LogP contribution in [0.3, 0.4) is 0 Å². The summed E-state index contributed by atoms with van der Waals surface area (Å²) in [7, 11) is 0. The SMILES string of the molecule is CCCc1c2c(c3oc(C(=O)O)cc(=O)c3c1O)CCCC2. The van der Waals surface area contributed by atoms with Gasteiger partial charge in [-0.15, -0.1) is 0 Å². The van der Waals surface area contributed by atoms with E-state index in [4.69, 9.17) is 9.52 Å². The Hall–Kier alpha value is -2.30. The topological polar surface area (TPSA) is 87.7 Å². The van der Waals surface area contributed by atoms with E-state index >= 15 is 0 Å². The van der Waals surface area contributed by atoms with Gasteiger partial charge in [0.15, 0.2) is 5.43 Å². The molecular weight excluding hydrogens is 284 g/mol. The number of hydrogen-bond acceptors (Lipinski definition) is 4. The molecule has 1 aliphatic rings. The lowest BCUT2D eigenvalue weighted by Gasteiger charge is -2.22. The minimum Gasteiger partial charge on any atom is -0.507 e. The number of aryl methyl sites for hydroxylation is 1. The molecule has 2 aromatic rings. The molecule has 1 aliphatic carbocycles. The fourth-order valence-corrected chi connectivity index (χ4v) is 3.34. The number of carboxylic acid groups (broad SMARTS) is 1. The van der Waals surface area contributed by atoms with Crippen LogP contribution in [0.4, 0.5) is 0 Å². The van der Waals surface area contributed by atoms with Crippen LogP contribution in [0.1, 0.15) is 53.4 Å². The van der Waals surface area contributed by atoms with Crippen molar-refractivity contribution >= 4 is 16.9 Å². The summed E-state index contributed by atoms with van der Waals surface area (Å²) >= 11 is 0. The zero-order valence-electron chi connectivity index (χ0n) is 12.4. The summed E-state index contributed by atoms with van der Waals surface area (Å²) in [5, 5.41) is 19.7. The molecule has 5 nitrogen and oxygen atoms in total. The van der Waals surface area contributed by atoms with E-state index in [-0.39, 0.29) is 22.5 Å². The van der Waals surface area contributed by atoms with Crippen molar-refractivity contribution in [3.63, 3.8) is 0 Å². The monoisotopic (exact) mass is 302 g/mol. The highest BCUT2D eigenvalue weighted by Gasteiger charge is 2.25. The van der Waals surface area contributed by atoms with E-state index in [0.717, 1.165) is 54.9 Å². The molecule has 0 amide bonds. The predicted molar refractivity (Wildman–Crippen MR) is 81.7 cm³/mol. The molecule has 0 saturated carbocycles. The first-order valence-corrected chi connectivity index (χ1v) is 7.61. The quantitative estimate of drug-likeness (QED) is 0.910. The molecule has 116 valence electrons. The third-order valence-electron chi connectivity index (χ3n) is 4.29. The van der Waals surface area contributed by atoms with E-state index in [1.54, 1.807) is 0 Å². The van der Waals surface area contributed by atoms with Gasteiger partial charge in [-0.1, -0.05) is 13.3 Å². The maximum Gasteiger partial charge on any atom is 0.371 e. The minimum absolute atomic E-state index is 0.0387. The van der Waals surface area contributed by atoms with Gasteiger partial charge in [0.1, 0.15) is 16.7 Å². The molecule has 1 heterocycles. The molecular formula is C17H18O5. The van der Waals surface area contributed by atoms with E-state index in [1.165, 1.54) is 0 Å². The van der Waals surface area contributed by atoms with Gasteiger partial charge >= 0.3 is 5.97 Å². The Labute approximate surface area is 127 Å². The van der Waals surface area contributed by atoms with E-state index < -0.39 is 11.4 Å². The van der Waals surface area contributed by atoms with E-state index in [9.17, 15) is 14.7 Å². The number of benzene rings is 1. The Kier molecular flexibility index (Phi) is 3.64. The summed E-state index contributed by atoms with van der Waals surface area (Å²) < 4.78 is 5.46. The second-order valence-electron chi connectivity index (χ2n) is 5.73. The summed E-state index contributed by atoms with van der Waals surface area (Å²) in [6.45, 7) is 2.02. The molecule has 0 bridgehead atoms. The Morgan fingerprint density at radius 3 is 2.59 bits per heavy atom. The molecule has 1 aromatic carbocycles. The van der Waals surface area contributed by atoms with Crippen LogP contribution in [0.15, 0.2) is 15.3 Å². The van der Waals surface area contributed by atoms with Crippen LogP contribution in [0, 0.1) is 0 Å². The van der Waals surface area contributed by atoms with Crippen LogP contribution in [0.2, 0.25) is 0 Å². The van der Waals surface area contributed by atoms with Crippen LogP contribution in [-0.2, 0) is 19.3 Å². The Bertz CT molecular complexity index is 816. The molecule has 5 heteroatoms. The van der Waals surface area contributed by atoms with E-state index in [1.807, 2.05) is 6.92 Å². The van der Waals surface area contributed by atoms with Crippen molar-refractivity contribution in [2.45, 2.75) is 45.4 Å². The maximum atomic E-state index is 12.3. The average molecular weight is 302 g/mol. The van der Waals surface area contributed by atoms with Crippen molar-refractivity contribution < 1.29 is 19.4 Å². The van der Waals surface area contributed by atoms with Crippen molar-refractivity contribution in [1.29, 1.82) is 0 Å². The second-order valence-corrected chi connectivity index (χ2v) is 5.73. The van der Waals surface area contributed by atoms with Gasteiger partial charge in [0.2, 0.25) is 5.76 Å². The Balaban J connectivity index is 2.44. The first kappa shape index (κ1) is 14.6. The number of aromatic hydroxyl groups is 1. The number of rotatable bonds is 3. The number of aromatic carboxylic acids is 1. The molecule has 0 saturated heterocycles. The van der Waals surface area contributed by atoms with Crippen LogP contribution in [-0.4, -0.2) is 16.2 Å². The second kappa shape index (κ2) is 5.48. The normalized spacial score (nSPS) is 14.0. The van der Waals surface area contributed by atoms with Crippen LogP contribution < -0.4 is 5.43 Å². The standard InChI is InChI=1S/C17H18O5/c1-2-5-10-9-6-3-4-7-11(9)16-14(15(10)19)12(18)8-13(22-16)17(20)21/h8,19H,2-7H2,1H3,(H,20,21). The maximum absolute atomic E-state index is 12.3. The summed E-state index contributed by atoms with van der Waals surface area (Å²) in [5.41, 5.74) is 2.49. The van der Waals surface area contributed by atoms with Crippen molar-refractivity contribution in [3.05, 3.63) is 38.7 Å². The molecule has 0 spiro atoms. The fraction of sp³-hybridized carbons (Fsp3) is 0.412. The lowest BCUT2D eigenvalue weighted by Crippen LogP contribution is -2.13.